The van der Waals surface area contributed by atoms with Crippen molar-refractivity contribution in [2.45, 2.75) is 19.9 Å². The van der Waals surface area contributed by atoms with E-state index in [1.165, 1.54) is 0 Å². The number of aromatic nitrogens is 1. The molecule has 0 unspecified atom stereocenters. The summed E-state index contributed by atoms with van der Waals surface area (Å²) in [6.07, 6.45) is 3.32. The fourth-order valence-electron chi connectivity index (χ4n) is 2.11. The second-order valence-electron chi connectivity index (χ2n) is 4.66. The minimum absolute atomic E-state index is 0.0986. The van der Waals surface area contributed by atoms with E-state index in [1.54, 1.807) is 18.5 Å². The van der Waals surface area contributed by atoms with Crippen LogP contribution in [0.25, 0.3) is 0 Å². The average molecular weight is 233 g/mol. The first-order valence-corrected chi connectivity index (χ1v) is 6.12. The fraction of sp³-hybridized carbons (Fsp3) is 0.538. The van der Waals surface area contributed by atoms with E-state index >= 15 is 0 Å². The summed E-state index contributed by atoms with van der Waals surface area (Å²) >= 11 is 0. The maximum Gasteiger partial charge on any atom is 0.255 e. The van der Waals surface area contributed by atoms with Crippen molar-refractivity contribution in [1.29, 1.82) is 0 Å². The molecule has 1 aliphatic rings. The highest BCUT2D eigenvalue weighted by atomic mass is 16.2. The van der Waals surface area contributed by atoms with Crippen molar-refractivity contribution in [2.75, 3.05) is 26.2 Å². The number of nitrogens with zero attached hydrogens (tertiary/aromatic N) is 3. The number of piperazine rings is 1. The number of carbonyl (C=O) groups is 1. The van der Waals surface area contributed by atoms with Crippen molar-refractivity contribution in [2.24, 2.45) is 0 Å². The normalized spacial score (nSPS) is 17.5. The number of pyridine rings is 1. The number of hydrogen-bond acceptors (Lipinski definition) is 3. The van der Waals surface area contributed by atoms with Gasteiger partial charge in [0.25, 0.3) is 5.91 Å². The molecule has 0 saturated carbocycles. The van der Waals surface area contributed by atoms with Crippen LogP contribution in [-0.4, -0.2) is 52.9 Å². The lowest BCUT2D eigenvalue weighted by Gasteiger charge is -2.36. The van der Waals surface area contributed by atoms with Gasteiger partial charge in [-0.1, -0.05) is 0 Å². The molecule has 4 nitrogen and oxygen atoms in total. The molecule has 2 heterocycles. The average Bonchev–Trinajstić information content (AvgIpc) is 2.39. The van der Waals surface area contributed by atoms with Crippen molar-refractivity contribution in [3.63, 3.8) is 0 Å². The van der Waals surface area contributed by atoms with Gasteiger partial charge in [-0.25, -0.2) is 0 Å². The van der Waals surface area contributed by atoms with Crippen LogP contribution < -0.4 is 0 Å². The van der Waals surface area contributed by atoms with Gasteiger partial charge >= 0.3 is 0 Å². The Hall–Kier alpha value is -1.42. The van der Waals surface area contributed by atoms with Crippen LogP contribution >= 0.6 is 0 Å². The predicted octanol–water partition coefficient (Wildman–Crippen LogP) is 1.25. The van der Waals surface area contributed by atoms with Crippen LogP contribution in [0.5, 0.6) is 0 Å². The van der Waals surface area contributed by atoms with Gasteiger partial charge in [0.1, 0.15) is 0 Å². The van der Waals surface area contributed by atoms with Crippen LogP contribution in [0.3, 0.4) is 0 Å². The Morgan fingerprint density at radius 3 is 2.53 bits per heavy atom. The lowest BCUT2D eigenvalue weighted by Crippen LogP contribution is -2.50. The molecule has 1 amide bonds. The van der Waals surface area contributed by atoms with Crippen LogP contribution in [0, 0.1) is 0 Å². The molecular formula is C13H19N3O. The number of rotatable bonds is 2. The van der Waals surface area contributed by atoms with Crippen LogP contribution in [0.2, 0.25) is 0 Å². The Morgan fingerprint density at radius 2 is 2.00 bits per heavy atom. The van der Waals surface area contributed by atoms with E-state index in [-0.39, 0.29) is 5.91 Å². The van der Waals surface area contributed by atoms with E-state index in [0.717, 1.165) is 26.2 Å². The summed E-state index contributed by atoms with van der Waals surface area (Å²) in [5.41, 5.74) is 0.686. The van der Waals surface area contributed by atoms with Gasteiger partial charge in [0, 0.05) is 44.6 Å². The topological polar surface area (TPSA) is 36.4 Å². The molecule has 0 spiro atoms. The minimum Gasteiger partial charge on any atom is -0.336 e. The van der Waals surface area contributed by atoms with Crippen molar-refractivity contribution >= 4 is 5.91 Å². The molecule has 0 radical (unpaired) electrons. The van der Waals surface area contributed by atoms with Crippen molar-refractivity contribution in [3.05, 3.63) is 30.1 Å². The quantitative estimate of drug-likeness (QED) is 0.771. The van der Waals surface area contributed by atoms with Crippen molar-refractivity contribution in [1.82, 2.24) is 14.8 Å². The third-order valence-electron chi connectivity index (χ3n) is 3.24. The van der Waals surface area contributed by atoms with Crippen LogP contribution in [0.1, 0.15) is 24.2 Å². The molecule has 1 aromatic rings. The lowest BCUT2D eigenvalue weighted by atomic mass is 10.2. The van der Waals surface area contributed by atoms with Crippen LogP contribution in [-0.2, 0) is 0 Å². The minimum atomic E-state index is 0.0986. The van der Waals surface area contributed by atoms with E-state index in [9.17, 15) is 4.79 Å². The fourth-order valence-corrected chi connectivity index (χ4v) is 2.11. The number of hydrogen-bond donors (Lipinski definition) is 0. The molecule has 0 bridgehead atoms. The van der Waals surface area contributed by atoms with Gasteiger partial charge in [-0.05, 0) is 26.0 Å². The highest BCUT2D eigenvalue weighted by Gasteiger charge is 2.23. The van der Waals surface area contributed by atoms with Gasteiger partial charge in [0.15, 0.2) is 0 Å². The standard InChI is InChI=1S/C13H19N3O/c1-11(2)15-6-8-16(9-7-15)13(17)12-4-3-5-14-10-12/h3-5,10-11H,6-9H2,1-2H3. The Bertz CT molecular complexity index is 370. The number of carbonyl (C=O) groups excluding carboxylic acids is 1. The molecule has 0 N–H and O–H groups in total. The first-order chi connectivity index (χ1) is 8.18. The molecule has 1 saturated heterocycles. The predicted molar refractivity (Wildman–Crippen MR) is 66.8 cm³/mol. The van der Waals surface area contributed by atoms with Crippen LogP contribution in [0.4, 0.5) is 0 Å². The molecule has 92 valence electrons. The first-order valence-electron chi connectivity index (χ1n) is 6.12. The Labute approximate surface area is 102 Å². The zero-order valence-electron chi connectivity index (χ0n) is 10.5. The summed E-state index contributed by atoms with van der Waals surface area (Å²) in [5.74, 6) is 0.0986. The van der Waals surface area contributed by atoms with Gasteiger partial charge in [-0.15, -0.1) is 0 Å². The summed E-state index contributed by atoms with van der Waals surface area (Å²) in [7, 11) is 0. The first kappa shape index (κ1) is 12.0. The highest BCUT2D eigenvalue weighted by Crippen LogP contribution is 2.09. The Morgan fingerprint density at radius 1 is 1.29 bits per heavy atom. The highest BCUT2D eigenvalue weighted by molar-refractivity contribution is 5.93. The lowest BCUT2D eigenvalue weighted by molar-refractivity contribution is 0.0595. The summed E-state index contributed by atoms with van der Waals surface area (Å²) in [6.45, 7) is 7.93. The van der Waals surface area contributed by atoms with E-state index < -0.39 is 0 Å². The smallest absolute Gasteiger partial charge is 0.255 e. The summed E-state index contributed by atoms with van der Waals surface area (Å²) in [4.78, 5) is 20.4. The van der Waals surface area contributed by atoms with E-state index in [1.807, 2.05) is 11.0 Å². The van der Waals surface area contributed by atoms with Gasteiger partial charge in [0.05, 0.1) is 5.56 Å². The monoisotopic (exact) mass is 233 g/mol. The van der Waals surface area contributed by atoms with E-state index in [4.69, 9.17) is 0 Å². The molecule has 0 atom stereocenters. The third kappa shape index (κ3) is 2.82. The van der Waals surface area contributed by atoms with Gasteiger partial charge in [-0.3, -0.25) is 14.7 Å². The molecular weight excluding hydrogens is 214 g/mol. The number of amides is 1. The summed E-state index contributed by atoms with van der Waals surface area (Å²) < 4.78 is 0. The third-order valence-corrected chi connectivity index (χ3v) is 3.24. The second-order valence-corrected chi connectivity index (χ2v) is 4.66. The summed E-state index contributed by atoms with van der Waals surface area (Å²) in [6, 6.07) is 4.19. The van der Waals surface area contributed by atoms with E-state index in [0.29, 0.717) is 11.6 Å². The Kier molecular flexibility index (Phi) is 3.74. The maximum atomic E-state index is 12.1. The second kappa shape index (κ2) is 5.27. The molecule has 1 aromatic heterocycles. The maximum absolute atomic E-state index is 12.1. The van der Waals surface area contributed by atoms with Crippen LogP contribution in [0.15, 0.2) is 24.5 Å². The molecule has 1 aliphatic heterocycles. The zero-order chi connectivity index (χ0) is 12.3. The summed E-state index contributed by atoms with van der Waals surface area (Å²) in [5, 5.41) is 0. The van der Waals surface area contributed by atoms with Gasteiger partial charge in [-0.2, -0.15) is 0 Å². The molecule has 1 fully saturated rings. The zero-order valence-corrected chi connectivity index (χ0v) is 10.5. The molecule has 0 aliphatic carbocycles. The van der Waals surface area contributed by atoms with Gasteiger partial charge < -0.3 is 4.90 Å². The van der Waals surface area contributed by atoms with Gasteiger partial charge in [0.2, 0.25) is 0 Å². The van der Waals surface area contributed by atoms with E-state index in [2.05, 4.69) is 23.7 Å². The molecule has 2 rings (SSSR count). The largest absolute Gasteiger partial charge is 0.336 e. The Balaban J connectivity index is 1.95. The molecule has 4 heteroatoms. The SMILES string of the molecule is CC(C)N1CCN(C(=O)c2cccnc2)CC1. The molecule has 0 aromatic carbocycles. The molecule has 17 heavy (non-hydrogen) atoms. The van der Waals surface area contributed by atoms with Crippen molar-refractivity contribution < 1.29 is 4.79 Å². The van der Waals surface area contributed by atoms with Crippen molar-refractivity contribution in [3.8, 4) is 0 Å².